The maximum Gasteiger partial charge on any atom is 0.0725 e. The number of benzene rings is 10. The van der Waals surface area contributed by atoms with Gasteiger partial charge in [-0.3, -0.25) is 0 Å². The van der Waals surface area contributed by atoms with Gasteiger partial charge in [0.2, 0.25) is 0 Å². The first kappa shape index (κ1) is 30.4. The molecule has 0 fully saturated rings. The van der Waals surface area contributed by atoms with Crippen molar-refractivity contribution in [3.05, 3.63) is 229 Å². The van der Waals surface area contributed by atoms with Crippen LogP contribution in [0, 0.1) is 0 Å². The molecular weight excluding hydrogens is 661 g/mol. The molecular formula is C55H34. The fourth-order valence-corrected chi connectivity index (χ4v) is 10.1. The maximum absolute atomic E-state index is 2.56. The molecule has 10 aromatic carbocycles. The van der Waals surface area contributed by atoms with E-state index in [-0.39, 0.29) is 0 Å². The minimum absolute atomic E-state index is 0.403. The van der Waals surface area contributed by atoms with Gasteiger partial charge in [-0.25, -0.2) is 0 Å². The molecule has 0 saturated heterocycles. The van der Waals surface area contributed by atoms with E-state index in [4.69, 9.17) is 0 Å². The second-order valence-corrected chi connectivity index (χ2v) is 15.2. The summed E-state index contributed by atoms with van der Waals surface area (Å²) >= 11 is 0. The van der Waals surface area contributed by atoms with Crippen LogP contribution in [0.5, 0.6) is 0 Å². The zero-order valence-electron chi connectivity index (χ0n) is 30.1. The average Bonchev–Trinajstić information content (AvgIpc) is 3.72. The van der Waals surface area contributed by atoms with E-state index in [1.54, 1.807) is 0 Å². The van der Waals surface area contributed by atoms with Crippen LogP contribution in [0.4, 0.5) is 0 Å². The van der Waals surface area contributed by atoms with Crippen LogP contribution < -0.4 is 0 Å². The van der Waals surface area contributed by atoms with E-state index in [1.807, 2.05) is 0 Å². The lowest BCUT2D eigenvalue weighted by Gasteiger charge is -2.30. The van der Waals surface area contributed by atoms with Gasteiger partial charge in [-0.05, 0) is 128 Å². The molecule has 0 amide bonds. The highest BCUT2D eigenvalue weighted by Gasteiger charge is 2.51. The summed E-state index contributed by atoms with van der Waals surface area (Å²) in [7, 11) is 0. The minimum Gasteiger partial charge on any atom is -0.0619 e. The van der Waals surface area contributed by atoms with E-state index < -0.39 is 5.41 Å². The normalized spacial score (nSPS) is 13.2. The number of hydrogen-bond donors (Lipinski definition) is 0. The van der Waals surface area contributed by atoms with Gasteiger partial charge in [-0.1, -0.05) is 188 Å². The number of fused-ring (bicyclic) bond motifs is 13. The Balaban J connectivity index is 1.14. The lowest BCUT2D eigenvalue weighted by molar-refractivity contribution is 0.795. The maximum atomic E-state index is 2.56. The SMILES string of the molecule is c1ccc2c(c1)-c1ccccc1C21c2ccccc2-c2cc3c(-c4cccc5ccccc45)ccc(-c4ccc(-c5ccc6ccccc6c5)cc4)c3cc21. The van der Waals surface area contributed by atoms with E-state index in [0.717, 1.165) is 0 Å². The lowest BCUT2D eigenvalue weighted by atomic mass is 9.70. The molecule has 0 atom stereocenters. The Morgan fingerprint density at radius 3 is 1.44 bits per heavy atom. The Labute approximate surface area is 320 Å². The van der Waals surface area contributed by atoms with E-state index in [1.165, 1.54) is 110 Å². The van der Waals surface area contributed by atoms with Crippen LogP contribution in [0.2, 0.25) is 0 Å². The summed E-state index contributed by atoms with van der Waals surface area (Å²) in [6.07, 6.45) is 0. The van der Waals surface area contributed by atoms with Crippen molar-refractivity contribution in [2.45, 2.75) is 5.41 Å². The Hall–Kier alpha value is -7.02. The van der Waals surface area contributed by atoms with Crippen LogP contribution in [0.25, 0.3) is 88.0 Å². The molecule has 0 heterocycles. The largest absolute Gasteiger partial charge is 0.0725 e. The highest BCUT2D eigenvalue weighted by molar-refractivity contribution is 6.12. The van der Waals surface area contributed by atoms with Gasteiger partial charge in [0.05, 0.1) is 5.41 Å². The summed E-state index contributed by atoms with van der Waals surface area (Å²) in [5, 5.41) is 7.61. The fourth-order valence-electron chi connectivity index (χ4n) is 10.1. The second kappa shape index (κ2) is 11.5. The minimum atomic E-state index is -0.403. The Kier molecular flexibility index (Phi) is 6.36. The van der Waals surface area contributed by atoms with Gasteiger partial charge in [0.15, 0.2) is 0 Å². The Morgan fingerprint density at radius 2 is 0.709 bits per heavy atom. The molecule has 55 heavy (non-hydrogen) atoms. The Morgan fingerprint density at radius 1 is 0.218 bits per heavy atom. The van der Waals surface area contributed by atoms with Crippen molar-refractivity contribution in [2.24, 2.45) is 0 Å². The number of rotatable bonds is 3. The molecule has 1 spiro atoms. The molecule has 0 heteroatoms. The van der Waals surface area contributed by atoms with Gasteiger partial charge in [-0.2, -0.15) is 0 Å². The summed E-state index contributed by atoms with van der Waals surface area (Å²) in [5.41, 5.74) is 17.8. The van der Waals surface area contributed by atoms with Gasteiger partial charge >= 0.3 is 0 Å². The van der Waals surface area contributed by atoms with Crippen LogP contribution in [-0.2, 0) is 5.41 Å². The van der Waals surface area contributed by atoms with Gasteiger partial charge in [0.1, 0.15) is 0 Å². The van der Waals surface area contributed by atoms with Crippen LogP contribution in [0.3, 0.4) is 0 Å². The molecule has 0 saturated carbocycles. The van der Waals surface area contributed by atoms with Gasteiger partial charge in [-0.15, -0.1) is 0 Å². The first-order valence-corrected chi connectivity index (χ1v) is 19.3. The number of hydrogen-bond acceptors (Lipinski definition) is 0. The molecule has 254 valence electrons. The van der Waals surface area contributed by atoms with Gasteiger partial charge < -0.3 is 0 Å². The predicted octanol–water partition coefficient (Wildman–Crippen LogP) is 14.5. The molecule has 0 aliphatic heterocycles. The quantitative estimate of drug-likeness (QED) is 0.173. The predicted molar refractivity (Wildman–Crippen MR) is 232 cm³/mol. The molecule has 2 aliphatic rings. The molecule has 0 nitrogen and oxygen atoms in total. The molecule has 0 radical (unpaired) electrons. The first-order valence-electron chi connectivity index (χ1n) is 19.3. The third-order valence-corrected chi connectivity index (χ3v) is 12.5. The molecule has 0 aromatic heterocycles. The average molecular weight is 695 g/mol. The molecule has 0 bridgehead atoms. The van der Waals surface area contributed by atoms with Crippen molar-refractivity contribution in [3.63, 3.8) is 0 Å². The van der Waals surface area contributed by atoms with E-state index >= 15 is 0 Å². The summed E-state index contributed by atoms with van der Waals surface area (Å²) in [4.78, 5) is 0. The summed E-state index contributed by atoms with van der Waals surface area (Å²) < 4.78 is 0. The van der Waals surface area contributed by atoms with Crippen molar-refractivity contribution < 1.29 is 0 Å². The van der Waals surface area contributed by atoms with Gasteiger partial charge in [0, 0.05) is 0 Å². The fraction of sp³-hybridized carbons (Fsp3) is 0.0182. The molecule has 0 unspecified atom stereocenters. The van der Waals surface area contributed by atoms with Gasteiger partial charge in [0.25, 0.3) is 0 Å². The smallest absolute Gasteiger partial charge is 0.0619 e. The van der Waals surface area contributed by atoms with Crippen molar-refractivity contribution in [3.8, 4) is 55.6 Å². The van der Waals surface area contributed by atoms with Crippen LogP contribution >= 0.6 is 0 Å². The second-order valence-electron chi connectivity index (χ2n) is 15.2. The van der Waals surface area contributed by atoms with Crippen molar-refractivity contribution in [1.82, 2.24) is 0 Å². The van der Waals surface area contributed by atoms with Crippen molar-refractivity contribution >= 4 is 32.3 Å². The van der Waals surface area contributed by atoms with Crippen molar-refractivity contribution in [1.29, 1.82) is 0 Å². The van der Waals surface area contributed by atoms with Crippen LogP contribution in [-0.4, -0.2) is 0 Å². The lowest BCUT2D eigenvalue weighted by Crippen LogP contribution is -2.25. The van der Waals surface area contributed by atoms with E-state index in [2.05, 4.69) is 206 Å². The van der Waals surface area contributed by atoms with E-state index in [9.17, 15) is 0 Å². The molecule has 2 aliphatic carbocycles. The summed E-state index contributed by atoms with van der Waals surface area (Å²) in [5.74, 6) is 0. The molecule has 0 N–H and O–H groups in total. The van der Waals surface area contributed by atoms with Crippen molar-refractivity contribution in [2.75, 3.05) is 0 Å². The zero-order chi connectivity index (χ0) is 36.1. The molecule has 12 rings (SSSR count). The molecule has 10 aromatic rings. The third kappa shape index (κ3) is 4.23. The standard InChI is InChI=1S/C55H34/c1-2-14-39-32-40(29-26-35(39)12-1)36-24-27-38(28-25-36)42-30-31-44(43-20-11-15-37-13-3-4-16-41(37)43)48-33-50-47-19-7-10-23-53(47)55(54(50)34-49(42)48)51-21-8-5-17-45(51)46-18-6-9-22-52(46)55/h1-34H. The van der Waals surface area contributed by atoms with E-state index in [0.29, 0.717) is 0 Å². The topological polar surface area (TPSA) is 0 Å². The highest BCUT2D eigenvalue weighted by atomic mass is 14.5. The van der Waals surface area contributed by atoms with Crippen LogP contribution in [0.15, 0.2) is 206 Å². The monoisotopic (exact) mass is 694 g/mol. The first-order chi connectivity index (χ1) is 27.3. The van der Waals surface area contributed by atoms with Crippen LogP contribution in [0.1, 0.15) is 22.3 Å². The summed E-state index contributed by atoms with van der Waals surface area (Å²) in [6.45, 7) is 0. The highest BCUT2D eigenvalue weighted by Crippen LogP contribution is 2.63. The summed E-state index contributed by atoms with van der Waals surface area (Å²) in [6, 6.07) is 77.2. The Bertz CT molecular complexity index is 3150. The third-order valence-electron chi connectivity index (χ3n) is 12.5. The zero-order valence-corrected chi connectivity index (χ0v) is 30.1.